The van der Waals surface area contributed by atoms with Gasteiger partial charge in [0.15, 0.2) is 0 Å². The maximum Gasteiger partial charge on any atom is 0.326 e. The topological polar surface area (TPSA) is 70.5 Å². The van der Waals surface area contributed by atoms with Crippen molar-refractivity contribution in [1.29, 1.82) is 0 Å². The number of fused-ring (bicyclic) bond motifs is 1. The first-order valence-corrected chi connectivity index (χ1v) is 7.41. The van der Waals surface area contributed by atoms with E-state index in [0.29, 0.717) is 11.1 Å². The van der Waals surface area contributed by atoms with Crippen LogP contribution in [0.2, 0.25) is 0 Å². The molecular weight excluding hydrogens is 280 g/mol. The quantitative estimate of drug-likeness (QED) is 0.942. The van der Waals surface area contributed by atoms with E-state index in [9.17, 15) is 14.7 Å². The van der Waals surface area contributed by atoms with Gasteiger partial charge in [0.05, 0.1) is 11.1 Å². The normalized spacial score (nSPS) is 15.5. The average molecular weight is 298 g/mol. The molecule has 1 N–H and O–H groups in total. The number of carbonyl (C=O) groups excluding carboxylic acids is 1. The van der Waals surface area contributed by atoms with E-state index in [1.807, 2.05) is 31.2 Å². The zero-order chi connectivity index (χ0) is 15.9. The van der Waals surface area contributed by atoms with E-state index in [1.54, 1.807) is 13.0 Å². The van der Waals surface area contributed by atoms with Gasteiger partial charge in [-0.3, -0.25) is 9.78 Å². The third kappa shape index (κ3) is 2.54. The number of nitrogens with zero attached hydrogens (tertiary/aromatic N) is 2. The van der Waals surface area contributed by atoms with E-state index in [0.717, 1.165) is 23.9 Å². The van der Waals surface area contributed by atoms with Crippen LogP contribution >= 0.6 is 0 Å². The molecule has 0 radical (unpaired) electrons. The first-order valence-electron chi connectivity index (χ1n) is 7.41. The number of hydrogen-bond acceptors (Lipinski definition) is 3. The lowest BCUT2D eigenvalue weighted by atomic mass is 10.1. The molecule has 1 heterocycles. The molecule has 1 aliphatic carbocycles. The third-order valence-corrected chi connectivity index (χ3v) is 4.04. The number of aryl methyl sites for hydroxylation is 1. The summed E-state index contributed by atoms with van der Waals surface area (Å²) in [5.41, 5.74) is 1.94. The highest BCUT2D eigenvalue weighted by Gasteiger charge is 2.39. The first-order chi connectivity index (χ1) is 10.5. The lowest BCUT2D eigenvalue weighted by molar-refractivity contribution is -0.141. The van der Waals surface area contributed by atoms with E-state index < -0.39 is 12.0 Å². The van der Waals surface area contributed by atoms with Crippen molar-refractivity contribution >= 4 is 22.8 Å². The summed E-state index contributed by atoms with van der Waals surface area (Å²) in [6.07, 6.45) is 1.72. The van der Waals surface area contributed by atoms with Crippen molar-refractivity contribution in [2.24, 2.45) is 0 Å². The van der Waals surface area contributed by atoms with Crippen LogP contribution in [0.25, 0.3) is 10.9 Å². The van der Waals surface area contributed by atoms with E-state index in [1.165, 1.54) is 4.90 Å². The fraction of sp³-hybridized carbons (Fsp3) is 0.353. The smallest absolute Gasteiger partial charge is 0.326 e. The molecule has 22 heavy (non-hydrogen) atoms. The van der Waals surface area contributed by atoms with E-state index in [4.69, 9.17) is 0 Å². The van der Waals surface area contributed by atoms with Gasteiger partial charge in [-0.2, -0.15) is 0 Å². The third-order valence-electron chi connectivity index (χ3n) is 4.04. The van der Waals surface area contributed by atoms with Crippen LogP contribution in [-0.4, -0.2) is 39.0 Å². The summed E-state index contributed by atoms with van der Waals surface area (Å²) in [6.45, 7) is 3.43. The molecule has 1 saturated carbocycles. The minimum atomic E-state index is -0.982. The van der Waals surface area contributed by atoms with Crippen molar-refractivity contribution in [2.45, 2.75) is 38.8 Å². The zero-order valence-corrected chi connectivity index (χ0v) is 12.6. The summed E-state index contributed by atoms with van der Waals surface area (Å²) < 4.78 is 0. The SMILES string of the molecule is Cc1ccc2cccc(C(=O)N(C3CC3)C(C)C(=O)O)c2n1. The number of hydrogen-bond donors (Lipinski definition) is 1. The molecule has 1 amide bonds. The number of carboxylic acid groups (broad SMARTS) is 1. The molecule has 0 spiro atoms. The van der Waals surface area contributed by atoms with Gasteiger partial charge in [-0.1, -0.05) is 18.2 Å². The average Bonchev–Trinajstić information content (AvgIpc) is 3.31. The Morgan fingerprint density at radius 1 is 1.27 bits per heavy atom. The number of carboxylic acids is 1. The molecule has 2 aromatic rings. The van der Waals surface area contributed by atoms with Gasteiger partial charge in [-0.05, 0) is 38.8 Å². The molecule has 0 aliphatic heterocycles. The van der Waals surface area contributed by atoms with Crippen LogP contribution in [0.1, 0.15) is 35.8 Å². The van der Waals surface area contributed by atoms with Crippen molar-refractivity contribution in [2.75, 3.05) is 0 Å². The second-order valence-corrected chi connectivity index (χ2v) is 5.79. The molecule has 1 aromatic carbocycles. The van der Waals surface area contributed by atoms with E-state index >= 15 is 0 Å². The highest BCUT2D eigenvalue weighted by Crippen LogP contribution is 2.31. The molecule has 0 saturated heterocycles. The zero-order valence-electron chi connectivity index (χ0n) is 12.6. The number of amides is 1. The van der Waals surface area contributed by atoms with Crippen LogP contribution in [0.5, 0.6) is 0 Å². The molecule has 1 aromatic heterocycles. The minimum absolute atomic E-state index is 0.0265. The van der Waals surface area contributed by atoms with Crippen molar-refractivity contribution < 1.29 is 14.7 Å². The van der Waals surface area contributed by atoms with Crippen molar-refractivity contribution in [3.63, 3.8) is 0 Å². The molecule has 5 heteroatoms. The summed E-state index contributed by atoms with van der Waals surface area (Å²) >= 11 is 0. The lowest BCUT2D eigenvalue weighted by Crippen LogP contribution is -2.44. The van der Waals surface area contributed by atoms with Gasteiger partial charge >= 0.3 is 5.97 Å². The monoisotopic (exact) mass is 298 g/mol. The number of aromatic nitrogens is 1. The summed E-state index contributed by atoms with van der Waals surface area (Å²) in [7, 11) is 0. The lowest BCUT2D eigenvalue weighted by Gasteiger charge is -2.26. The molecule has 1 aliphatic rings. The molecule has 5 nitrogen and oxygen atoms in total. The standard InChI is InChI=1S/C17H18N2O3/c1-10-6-7-12-4-3-5-14(15(12)18-10)16(20)19(13-8-9-13)11(2)17(21)22/h3-7,11,13H,8-9H2,1-2H3,(H,21,22). The van der Waals surface area contributed by atoms with Gasteiger partial charge in [0.1, 0.15) is 6.04 Å². The van der Waals surface area contributed by atoms with Crippen LogP contribution in [0.15, 0.2) is 30.3 Å². The van der Waals surface area contributed by atoms with Crippen LogP contribution in [0, 0.1) is 6.92 Å². The summed E-state index contributed by atoms with van der Waals surface area (Å²) in [6, 6.07) is 8.45. The molecule has 1 fully saturated rings. The number of carbonyl (C=O) groups is 2. The number of aliphatic carboxylic acids is 1. The minimum Gasteiger partial charge on any atom is -0.480 e. The Kier molecular flexibility index (Phi) is 3.56. The Hall–Kier alpha value is -2.43. The number of benzene rings is 1. The Morgan fingerprint density at radius 2 is 2.00 bits per heavy atom. The molecule has 0 bridgehead atoms. The Balaban J connectivity index is 2.07. The molecule has 3 rings (SSSR count). The van der Waals surface area contributed by atoms with Gasteiger partial charge in [-0.25, -0.2) is 4.79 Å². The van der Waals surface area contributed by atoms with Crippen molar-refractivity contribution in [3.8, 4) is 0 Å². The largest absolute Gasteiger partial charge is 0.480 e. The maximum atomic E-state index is 12.9. The predicted molar refractivity (Wildman–Crippen MR) is 82.8 cm³/mol. The van der Waals surface area contributed by atoms with Gasteiger partial charge < -0.3 is 10.0 Å². The summed E-state index contributed by atoms with van der Waals surface area (Å²) in [4.78, 5) is 30.2. The second kappa shape index (κ2) is 5.40. The Bertz CT molecular complexity index is 753. The van der Waals surface area contributed by atoms with Crippen LogP contribution < -0.4 is 0 Å². The predicted octanol–water partition coefficient (Wildman–Crippen LogP) is 2.62. The van der Waals surface area contributed by atoms with Crippen LogP contribution in [0.3, 0.4) is 0 Å². The Labute approximate surface area is 128 Å². The fourth-order valence-electron chi connectivity index (χ4n) is 2.69. The summed E-state index contributed by atoms with van der Waals surface area (Å²) in [5.74, 6) is -1.23. The van der Waals surface area contributed by atoms with Crippen molar-refractivity contribution in [1.82, 2.24) is 9.88 Å². The Morgan fingerprint density at radius 3 is 2.64 bits per heavy atom. The highest BCUT2D eigenvalue weighted by atomic mass is 16.4. The first kappa shape index (κ1) is 14.5. The van der Waals surface area contributed by atoms with Gasteiger partial charge in [0.25, 0.3) is 5.91 Å². The fourth-order valence-corrected chi connectivity index (χ4v) is 2.69. The number of rotatable bonds is 4. The number of para-hydroxylation sites is 1. The van der Waals surface area contributed by atoms with Crippen LogP contribution in [0.4, 0.5) is 0 Å². The molecular formula is C17H18N2O3. The van der Waals surface area contributed by atoms with Gasteiger partial charge in [0.2, 0.25) is 0 Å². The molecule has 1 atom stereocenters. The van der Waals surface area contributed by atoms with Gasteiger partial charge in [-0.15, -0.1) is 0 Å². The van der Waals surface area contributed by atoms with E-state index in [2.05, 4.69) is 4.98 Å². The van der Waals surface area contributed by atoms with Crippen LogP contribution in [-0.2, 0) is 4.79 Å². The molecule has 114 valence electrons. The number of pyridine rings is 1. The van der Waals surface area contributed by atoms with Crippen molar-refractivity contribution in [3.05, 3.63) is 41.6 Å². The maximum absolute atomic E-state index is 12.9. The van der Waals surface area contributed by atoms with E-state index in [-0.39, 0.29) is 11.9 Å². The van der Waals surface area contributed by atoms with Gasteiger partial charge in [0, 0.05) is 17.1 Å². The molecule has 1 unspecified atom stereocenters. The second-order valence-electron chi connectivity index (χ2n) is 5.79. The highest BCUT2D eigenvalue weighted by molar-refractivity contribution is 6.06. The summed E-state index contributed by atoms with van der Waals surface area (Å²) in [5, 5.41) is 10.2.